The van der Waals surface area contributed by atoms with Gasteiger partial charge < -0.3 is 20.3 Å². The van der Waals surface area contributed by atoms with Gasteiger partial charge in [0.05, 0.1) is 12.5 Å². The molecular weight excluding hydrogens is 150 g/mol. The summed E-state index contributed by atoms with van der Waals surface area (Å²) < 4.78 is 9.50. The van der Waals surface area contributed by atoms with Crippen molar-refractivity contribution in [3.8, 4) is 0 Å². The number of hydrogen-bond acceptors (Lipinski definition) is 4. The summed E-state index contributed by atoms with van der Waals surface area (Å²) in [5.41, 5.74) is 5.41. The largest absolute Gasteiger partial charge is 0.481 e. The van der Waals surface area contributed by atoms with Crippen LogP contribution in [0.15, 0.2) is 0 Å². The van der Waals surface area contributed by atoms with E-state index in [-0.39, 0.29) is 6.42 Å². The predicted octanol–water partition coefficient (Wildman–Crippen LogP) is -0.593. The molecule has 5 nitrogen and oxygen atoms in total. The maximum atomic E-state index is 10.2. The van der Waals surface area contributed by atoms with Gasteiger partial charge in [0.15, 0.2) is 6.29 Å². The molecule has 0 radical (unpaired) electrons. The molecule has 11 heavy (non-hydrogen) atoms. The van der Waals surface area contributed by atoms with Crippen LogP contribution in [0.4, 0.5) is 0 Å². The molecule has 0 aromatic carbocycles. The van der Waals surface area contributed by atoms with Crippen molar-refractivity contribution in [2.24, 2.45) is 5.73 Å². The SMILES string of the molecule is COC(OC)[C@H](N)CC(=O)O. The lowest BCUT2D eigenvalue weighted by atomic mass is 10.2. The van der Waals surface area contributed by atoms with Gasteiger partial charge >= 0.3 is 5.97 Å². The first kappa shape index (κ1) is 10.3. The van der Waals surface area contributed by atoms with Gasteiger partial charge in [0.25, 0.3) is 0 Å². The van der Waals surface area contributed by atoms with Crippen LogP contribution < -0.4 is 5.73 Å². The Labute approximate surface area is 65.1 Å². The van der Waals surface area contributed by atoms with E-state index in [1.54, 1.807) is 0 Å². The number of rotatable bonds is 5. The minimum atomic E-state index is -0.961. The van der Waals surface area contributed by atoms with Gasteiger partial charge in [-0.2, -0.15) is 0 Å². The average molecular weight is 163 g/mol. The zero-order valence-corrected chi connectivity index (χ0v) is 6.61. The number of nitrogens with two attached hydrogens (primary N) is 1. The van der Waals surface area contributed by atoms with Crippen molar-refractivity contribution in [2.45, 2.75) is 18.8 Å². The van der Waals surface area contributed by atoms with Gasteiger partial charge in [-0.1, -0.05) is 0 Å². The maximum Gasteiger partial charge on any atom is 0.305 e. The minimum Gasteiger partial charge on any atom is -0.481 e. The molecule has 1 atom stereocenters. The number of aliphatic carboxylic acids is 1. The van der Waals surface area contributed by atoms with E-state index in [0.29, 0.717) is 0 Å². The molecule has 0 amide bonds. The van der Waals surface area contributed by atoms with Crippen LogP contribution in [0.1, 0.15) is 6.42 Å². The smallest absolute Gasteiger partial charge is 0.305 e. The van der Waals surface area contributed by atoms with Crippen molar-refractivity contribution in [3.63, 3.8) is 0 Å². The maximum absolute atomic E-state index is 10.2. The van der Waals surface area contributed by atoms with Crippen LogP contribution in [-0.4, -0.2) is 37.6 Å². The summed E-state index contributed by atoms with van der Waals surface area (Å²) in [7, 11) is 2.83. The normalized spacial score (nSPS) is 13.5. The molecule has 0 saturated carbocycles. The molecule has 0 aliphatic rings. The molecule has 0 fully saturated rings. The number of carboxylic acid groups (broad SMARTS) is 1. The highest BCUT2D eigenvalue weighted by Crippen LogP contribution is 2.00. The molecule has 3 N–H and O–H groups in total. The van der Waals surface area contributed by atoms with Crippen LogP contribution in [-0.2, 0) is 14.3 Å². The molecule has 0 spiro atoms. The van der Waals surface area contributed by atoms with E-state index in [1.807, 2.05) is 0 Å². The standard InChI is InChI=1S/C6H13NO4/c1-10-6(11-2)4(7)3-5(8)9/h4,6H,3,7H2,1-2H3,(H,8,9)/t4-/m1/s1. The average Bonchev–Trinajstić information content (AvgIpc) is 1.88. The minimum absolute atomic E-state index is 0.160. The molecule has 66 valence electrons. The van der Waals surface area contributed by atoms with Crippen LogP contribution in [0.2, 0.25) is 0 Å². The highest BCUT2D eigenvalue weighted by molar-refractivity contribution is 5.67. The zero-order chi connectivity index (χ0) is 8.85. The second-order valence-corrected chi connectivity index (χ2v) is 2.10. The Hall–Kier alpha value is -0.650. The Morgan fingerprint density at radius 3 is 2.27 bits per heavy atom. The number of methoxy groups -OCH3 is 2. The lowest BCUT2D eigenvalue weighted by molar-refractivity contribution is -0.145. The third-order valence-corrected chi connectivity index (χ3v) is 1.22. The van der Waals surface area contributed by atoms with Crippen molar-refractivity contribution in [1.29, 1.82) is 0 Å². The van der Waals surface area contributed by atoms with Crippen LogP contribution in [0.3, 0.4) is 0 Å². The second-order valence-electron chi connectivity index (χ2n) is 2.10. The molecule has 5 heteroatoms. The summed E-state index contributed by atoms with van der Waals surface area (Å²) in [6.07, 6.45) is -0.808. The first-order valence-electron chi connectivity index (χ1n) is 3.14. The quantitative estimate of drug-likeness (QED) is 0.529. The fourth-order valence-electron chi connectivity index (χ4n) is 0.744. The number of ether oxygens (including phenoxy) is 2. The molecule has 0 bridgehead atoms. The highest BCUT2D eigenvalue weighted by Gasteiger charge is 2.18. The van der Waals surface area contributed by atoms with E-state index in [9.17, 15) is 4.79 Å². The zero-order valence-electron chi connectivity index (χ0n) is 6.61. The Morgan fingerprint density at radius 1 is 1.55 bits per heavy atom. The highest BCUT2D eigenvalue weighted by atomic mass is 16.7. The van der Waals surface area contributed by atoms with E-state index in [4.69, 9.17) is 20.3 Å². The van der Waals surface area contributed by atoms with Crippen molar-refractivity contribution in [1.82, 2.24) is 0 Å². The van der Waals surface area contributed by atoms with Gasteiger partial charge in [0.2, 0.25) is 0 Å². The van der Waals surface area contributed by atoms with Gasteiger partial charge in [-0.15, -0.1) is 0 Å². The Bertz CT molecular complexity index is 124. The third-order valence-electron chi connectivity index (χ3n) is 1.22. The fourth-order valence-corrected chi connectivity index (χ4v) is 0.744. The molecule has 0 saturated heterocycles. The summed E-state index contributed by atoms with van der Waals surface area (Å²) in [4.78, 5) is 10.2. The van der Waals surface area contributed by atoms with E-state index in [2.05, 4.69) is 0 Å². The van der Waals surface area contributed by atoms with Crippen LogP contribution in [0.5, 0.6) is 0 Å². The first-order valence-corrected chi connectivity index (χ1v) is 3.14. The van der Waals surface area contributed by atoms with Crippen molar-refractivity contribution >= 4 is 5.97 Å². The van der Waals surface area contributed by atoms with E-state index < -0.39 is 18.3 Å². The first-order chi connectivity index (χ1) is 5.11. The summed E-state index contributed by atoms with van der Waals surface area (Å²) in [6.45, 7) is 0. The summed E-state index contributed by atoms with van der Waals surface area (Å²) >= 11 is 0. The second kappa shape index (κ2) is 5.06. The summed E-state index contributed by atoms with van der Waals surface area (Å²) in [6, 6.07) is -0.623. The van der Waals surface area contributed by atoms with E-state index >= 15 is 0 Å². The molecule has 0 aromatic heterocycles. The van der Waals surface area contributed by atoms with Gasteiger partial charge in [-0.3, -0.25) is 4.79 Å². The van der Waals surface area contributed by atoms with Gasteiger partial charge in [0, 0.05) is 14.2 Å². The van der Waals surface area contributed by atoms with Gasteiger partial charge in [-0.05, 0) is 0 Å². The molecule has 0 aliphatic carbocycles. The summed E-state index contributed by atoms with van der Waals surface area (Å²) in [5.74, 6) is -0.961. The Kier molecular flexibility index (Phi) is 4.76. The predicted molar refractivity (Wildman–Crippen MR) is 38.0 cm³/mol. The van der Waals surface area contributed by atoms with Gasteiger partial charge in [-0.25, -0.2) is 0 Å². The third kappa shape index (κ3) is 3.92. The lowest BCUT2D eigenvalue weighted by Crippen LogP contribution is -2.39. The topological polar surface area (TPSA) is 81.8 Å². The van der Waals surface area contributed by atoms with E-state index in [1.165, 1.54) is 14.2 Å². The van der Waals surface area contributed by atoms with Crippen molar-refractivity contribution in [3.05, 3.63) is 0 Å². The Morgan fingerprint density at radius 2 is 2.00 bits per heavy atom. The molecule has 0 heterocycles. The van der Waals surface area contributed by atoms with Crippen LogP contribution in [0.25, 0.3) is 0 Å². The number of carboxylic acids is 1. The Balaban J connectivity index is 3.78. The fraction of sp³-hybridized carbons (Fsp3) is 0.833. The molecule has 0 rings (SSSR count). The summed E-state index contributed by atoms with van der Waals surface area (Å²) in [5, 5.41) is 8.33. The van der Waals surface area contributed by atoms with E-state index in [0.717, 1.165) is 0 Å². The van der Waals surface area contributed by atoms with Gasteiger partial charge in [0.1, 0.15) is 0 Å². The van der Waals surface area contributed by atoms with Crippen LogP contribution >= 0.6 is 0 Å². The molecular formula is C6H13NO4. The molecule has 0 unspecified atom stereocenters. The van der Waals surface area contributed by atoms with Crippen molar-refractivity contribution < 1.29 is 19.4 Å². The monoisotopic (exact) mass is 163 g/mol. The molecule has 0 aliphatic heterocycles. The lowest BCUT2D eigenvalue weighted by Gasteiger charge is -2.18. The molecule has 0 aromatic rings. The number of carbonyl (C=O) groups is 1. The van der Waals surface area contributed by atoms with Crippen LogP contribution in [0, 0.1) is 0 Å². The number of hydrogen-bond donors (Lipinski definition) is 2. The van der Waals surface area contributed by atoms with Crippen molar-refractivity contribution in [2.75, 3.05) is 14.2 Å².